The van der Waals surface area contributed by atoms with Crippen molar-refractivity contribution in [2.24, 2.45) is 11.8 Å². The molecule has 0 fully saturated rings. The molecule has 0 spiro atoms. The van der Waals surface area contributed by atoms with Crippen molar-refractivity contribution in [2.45, 2.75) is 33.4 Å². The zero-order valence-electron chi connectivity index (χ0n) is 20.5. The molecule has 3 aromatic rings. The van der Waals surface area contributed by atoms with Gasteiger partial charge < -0.3 is 15.4 Å². The molecule has 0 saturated heterocycles. The SMILES string of the molecule is CCc1nccc(-c2cccnc2OC2=CC=C(NC(=O)Nc3cccc(C(F)(F)F)c3)C(C)C2C)n1. The zero-order valence-corrected chi connectivity index (χ0v) is 20.5. The van der Waals surface area contributed by atoms with Crippen LogP contribution in [0.4, 0.5) is 23.7 Å². The monoisotopic (exact) mass is 509 g/mol. The number of carbonyl (C=O) groups is 1. The van der Waals surface area contributed by atoms with Crippen LogP contribution in [0.25, 0.3) is 11.3 Å². The van der Waals surface area contributed by atoms with Crippen LogP contribution in [0.1, 0.15) is 32.2 Å². The number of allylic oxidation sites excluding steroid dienone is 4. The third-order valence-electron chi connectivity index (χ3n) is 6.11. The van der Waals surface area contributed by atoms with Gasteiger partial charge in [0.1, 0.15) is 11.6 Å². The molecule has 0 radical (unpaired) electrons. The number of aryl methyl sites for hydroxylation is 1. The van der Waals surface area contributed by atoms with Gasteiger partial charge in [-0.15, -0.1) is 0 Å². The zero-order chi connectivity index (χ0) is 26.6. The van der Waals surface area contributed by atoms with Crippen LogP contribution in [0.15, 0.2) is 78.5 Å². The predicted molar refractivity (Wildman–Crippen MR) is 133 cm³/mol. The normalized spacial score (nSPS) is 17.5. The number of ether oxygens (including phenoxy) is 1. The number of hydrogen-bond donors (Lipinski definition) is 2. The Hall–Kier alpha value is -4.21. The number of nitrogens with one attached hydrogen (secondary N) is 2. The number of rotatable bonds is 6. The van der Waals surface area contributed by atoms with Crippen molar-refractivity contribution in [3.05, 3.63) is 89.9 Å². The molecule has 1 aliphatic carbocycles. The molecular formula is C27H26F3N5O2. The average Bonchev–Trinajstić information content (AvgIpc) is 2.88. The van der Waals surface area contributed by atoms with E-state index in [-0.39, 0.29) is 17.5 Å². The minimum atomic E-state index is -4.50. The highest BCUT2D eigenvalue weighted by atomic mass is 19.4. The van der Waals surface area contributed by atoms with Gasteiger partial charge in [0.15, 0.2) is 0 Å². The fourth-order valence-electron chi connectivity index (χ4n) is 3.84. The van der Waals surface area contributed by atoms with Gasteiger partial charge in [0.05, 0.1) is 16.8 Å². The molecule has 2 atom stereocenters. The van der Waals surface area contributed by atoms with Gasteiger partial charge in [0, 0.05) is 42.0 Å². The van der Waals surface area contributed by atoms with E-state index < -0.39 is 17.8 Å². The molecule has 1 aliphatic rings. The molecular weight excluding hydrogens is 483 g/mol. The summed E-state index contributed by atoms with van der Waals surface area (Å²) in [5, 5.41) is 5.20. The highest BCUT2D eigenvalue weighted by Gasteiger charge is 2.31. The van der Waals surface area contributed by atoms with E-state index in [2.05, 4.69) is 25.6 Å². The van der Waals surface area contributed by atoms with E-state index >= 15 is 0 Å². The van der Waals surface area contributed by atoms with Gasteiger partial charge in [0.2, 0.25) is 5.88 Å². The second kappa shape index (κ2) is 10.8. The van der Waals surface area contributed by atoms with Crippen LogP contribution in [0.2, 0.25) is 0 Å². The van der Waals surface area contributed by atoms with Gasteiger partial charge in [0.25, 0.3) is 0 Å². The van der Waals surface area contributed by atoms with Gasteiger partial charge >= 0.3 is 12.2 Å². The first kappa shape index (κ1) is 25.9. The molecule has 4 rings (SSSR count). The van der Waals surface area contributed by atoms with Crippen LogP contribution in [0.5, 0.6) is 5.88 Å². The highest BCUT2D eigenvalue weighted by Crippen LogP contribution is 2.34. The lowest BCUT2D eigenvalue weighted by atomic mass is 9.87. The van der Waals surface area contributed by atoms with E-state index in [1.807, 2.05) is 32.9 Å². The van der Waals surface area contributed by atoms with Crippen molar-refractivity contribution in [1.29, 1.82) is 0 Å². The summed E-state index contributed by atoms with van der Waals surface area (Å²) in [7, 11) is 0. The Morgan fingerprint density at radius 3 is 2.57 bits per heavy atom. The second-order valence-electron chi connectivity index (χ2n) is 8.60. The molecule has 7 nitrogen and oxygen atoms in total. The van der Waals surface area contributed by atoms with E-state index in [0.717, 1.165) is 17.7 Å². The lowest BCUT2D eigenvalue weighted by molar-refractivity contribution is -0.137. The summed E-state index contributed by atoms with van der Waals surface area (Å²) < 4.78 is 45.1. The highest BCUT2D eigenvalue weighted by molar-refractivity contribution is 5.90. The number of amides is 2. The lowest BCUT2D eigenvalue weighted by Gasteiger charge is -2.28. The summed E-state index contributed by atoms with van der Waals surface area (Å²) in [4.78, 5) is 25.7. The Kier molecular flexibility index (Phi) is 7.56. The van der Waals surface area contributed by atoms with Gasteiger partial charge in [-0.25, -0.2) is 19.7 Å². The Morgan fingerprint density at radius 1 is 1.00 bits per heavy atom. The first-order valence-corrected chi connectivity index (χ1v) is 11.8. The largest absolute Gasteiger partial charge is 0.442 e. The number of benzene rings is 1. The standard InChI is InChI=1S/C27H26F3N5O2/c1-4-24-31-14-12-22(34-24)20-9-6-13-32-25(20)37-23-11-10-21(16(2)17(23)3)35-26(36)33-19-8-5-7-18(15-19)27(28,29)30/h5-17H,4H2,1-3H3,(H2,33,35,36). The van der Waals surface area contributed by atoms with E-state index in [4.69, 9.17) is 4.74 Å². The van der Waals surface area contributed by atoms with Crippen molar-refractivity contribution in [2.75, 3.05) is 5.32 Å². The summed E-state index contributed by atoms with van der Waals surface area (Å²) in [5.41, 5.74) is 1.25. The summed E-state index contributed by atoms with van der Waals surface area (Å²) >= 11 is 0. The van der Waals surface area contributed by atoms with Crippen LogP contribution < -0.4 is 15.4 Å². The number of carbonyl (C=O) groups excluding carboxylic acids is 1. The van der Waals surface area contributed by atoms with Crippen LogP contribution >= 0.6 is 0 Å². The van der Waals surface area contributed by atoms with Gasteiger partial charge in [-0.05, 0) is 48.6 Å². The smallest absolute Gasteiger partial charge is 0.416 e. The third kappa shape index (κ3) is 6.14. The molecule has 2 amide bonds. The van der Waals surface area contributed by atoms with Crippen molar-refractivity contribution < 1.29 is 22.7 Å². The average molecular weight is 510 g/mol. The first-order chi connectivity index (χ1) is 17.7. The van der Waals surface area contributed by atoms with Gasteiger partial charge in [-0.1, -0.05) is 26.8 Å². The number of halogens is 3. The number of hydrogen-bond acceptors (Lipinski definition) is 5. The maximum absolute atomic E-state index is 13.0. The fraction of sp³-hybridized carbons (Fsp3) is 0.259. The Labute approximate surface area is 212 Å². The van der Waals surface area contributed by atoms with Crippen molar-refractivity contribution in [1.82, 2.24) is 20.3 Å². The number of aromatic nitrogens is 3. The topological polar surface area (TPSA) is 89.0 Å². The van der Waals surface area contributed by atoms with Crippen LogP contribution in [-0.4, -0.2) is 21.0 Å². The fourth-order valence-corrected chi connectivity index (χ4v) is 3.84. The van der Waals surface area contributed by atoms with Crippen LogP contribution in [0, 0.1) is 11.8 Å². The molecule has 0 bridgehead atoms. The number of alkyl halides is 3. The molecule has 0 saturated carbocycles. The number of urea groups is 1. The summed E-state index contributed by atoms with van der Waals surface area (Å²) in [6, 6.07) is 9.32. The minimum absolute atomic E-state index is 0.0441. The van der Waals surface area contributed by atoms with Crippen molar-refractivity contribution in [3.8, 4) is 17.1 Å². The van der Waals surface area contributed by atoms with E-state index in [0.29, 0.717) is 35.3 Å². The third-order valence-corrected chi connectivity index (χ3v) is 6.11. The molecule has 2 unspecified atom stereocenters. The Balaban J connectivity index is 1.49. The predicted octanol–water partition coefficient (Wildman–Crippen LogP) is 6.37. The van der Waals surface area contributed by atoms with Gasteiger partial charge in [-0.3, -0.25) is 0 Å². The summed E-state index contributed by atoms with van der Waals surface area (Å²) in [6.07, 6.45) is 3.01. The van der Waals surface area contributed by atoms with E-state index in [9.17, 15) is 18.0 Å². The summed E-state index contributed by atoms with van der Waals surface area (Å²) in [5.74, 6) is 1.50. The van der Waals surface area contributed by atoms with E-state index in [1.165, 1.54) is 12.1 Å². The molecule has 37 heavy (non-hydrogen) atoms. The molecule has 2 heterocycles. The Morgan fingerprint density at radius 2 is 1.81 bits per heavy atom. The molecule has 2 N–H and O–H groups in total. The van der Waals surface area contributed by atoms with Crippen molar-refractivity contribution >= 4 is 11.7 Å². The lowest BCUT2D eigenvalue weighted by Crippen LogP contribution is -2.34. The minimum Gasteiger partial charge on any atom is -0.442 e. The molecule has 1 aromatic carbocycles. The second-order valence-corrected chi connectivity index (χ2v) is 8.60. The molecule has 0 aliphatic heterocycles. The van der Waals surface area contributed by atoms with Gasteiger partial charge in [-0.2, -0.15) is 13.2 Å². The number of anilines is 1. The summed E-state index contributed by atoms with van der Waals surface area (Å²) in [6.45, 7) is 5.86. The van der Waals surface area contributed by atoms with E-state index in [1.54, 1.807) is 30.6 Å². The molecule has 10 heteroatoms. The molecule has 192 valence electrons. The maximum atomic E-state index is 13.0. The quantitative estimate of drug-likeness (QED) is 0.403. The van der Waals surface area contributed by atoms with Crippen LogP contribution in [-0.2, 0) is 12.6 Å². The molecule has 2 aromatic heterocycles. The Bertz CT molecular complexity index is 1350. The van der Waals surface area contributed by atoms with Crippen molar-refractivity contribution in [3.63, 3.8) is 0 Å². The number of nitrogens with zero attached hydrogens (tertiary/aromatic N) is 3. The first-order valence-electron chi connectivity index (χ1n) is 11.8. The number of pyridine rings is 1. The maximum Gasteiger partial charge on any atom is 0.416 e. The van der Waals surface area contributed by atoms with Crippen LogP contribution in [0.3, 0.4) is 0 Å².